The van der Waals surface area contributed by atoms with Gasteiger partial charge < -0.3 is 4.90 Å². The molecule has 0 atom stereocenters. The summed E-state index contributed by atoms with van der Waals surface area (Å²) in [6.45, 7) is 3.97. The third kappa shape index (κ3) is 2.17. The standard InChI is InChI=1S/C12H17N3/c1-2-10-5-3-7-14-11(10)9-15-8-4-6-12(15)13/h3,5,7,13H,2,4,6,8-9H2,1H3. The summed E-state index contributed by atoms with van der Waals surface area (Å²) in [5, 5.41) is 7.78. The molecule has 2 rings (SSSR count). The quantitative estimate of drug-likeness (QED) is 0.818. The van der Waals surface area contributed by atoms with Gasteiger partial charge in [0.15, 0.2) is 0 Å². The molecule has 3 heteroatoms. The molecule has 0 radical (unpaired) electrons. The van der Waals surface area contributed by atoms with Gasteiger partial charge in [0.2, 0.25) is 0 Å². The smallest absolute Gasteiger partial charge is 0.0961 e. The maximum absolute atomic E-state index is 7.78. The van der Waals surface area contributed by atoms with Crippen LogP contribution in [0.15, 0.2) is 18.3 Å². The molecule has 0 amide bonds. The van der Waals surface area contributed by atoms with Crippen molar-refractivity contribution in [2.75, 3.05) is 6.54 Å². The monoisotopic (exact) mass is 203 g/mol. The van der Waals surface area contributed by atoms with Gasteiger partial charge in [0.05, 0.1) is 18.1 Å². The molecule has 0 aliphatic carbocycles. The van der Waals surface area contributed by atoms with E-state index in [-0.39, 0.29) is 0 Å². The Balaban J connectivity index is 2.12. The third-order valence-corrected chi connectivity index (χ3v) is 2.93. The minimum atomic E-state index is 0.766. The molecule has 80 valence electrons. The SMILES string of the molecule is CCc1cccnc1CN1CCCC1=N. The summed E-state index contributed by atoms with van der Waals surface area (Å²) in [5.74, 6) is 0.766. The van der Waals surface area contributed by atoms with Crippen LogP contribution in [0.1, 0.15) is 31.0 Å². The number of aromatic nitrogens is 1. The zero-order chi connectivity index (χ0) is 10.7. The van der Waals surface area contributed by atoms with E-state index in [1.165, 1.54) is 5.56 Å². The van der Waals surface area contributed by atoms with Crippen LogP contribution >= 0.6 is 0 Å². The van der Waals surface area contributed by atoms with E-state index in [0.717, 1.165) is 43.9 Å². The fraction of sp³-hybridized carbons (Fsp3) is 0.500. The Hall–Kier alpha value is -1.38. The molecule has 1 fully saturated rings. The van der Waals surface area contributed by atoms with E-state index in [0.29, 0.717) is 0 Å². The minimum absolute atomic E-state index is 0.766. The van der Waals surface area contributed by atoms with Crippen molar-refractivity contribution < 1.29 is 0 Å². The molecule has 1 aliphatic heterocycles. The van der Waals surface area contributed by atoms with Crippen molar-refractivity contribution in [2.24, 2.45) is 0 Å². The van der Waals surface area contributed by atoms with Crippen molar-refractivity contribution in [3.63, 3.8) is 0 Å². The Morgan fingerprint density at radius 1 is 1.53 bits per heavy atom. The van der Waals surface area contributed by atoms with Gasteiger partial charge in [0.1, 0.15) is 0 Å². The number of pyridine rings is 1. The average molecular weight is 203 g/mol. The van der Waals surface area contributed by atoms with E-state index in [9.17, 15) is 0 Å². The highest BCUT2D eigenvalue weighted by molar-refractivity contribution is 5.80. The Bertz CT molecular complexity index is 360. The van der Waals surface area contributed by atoms with Crippen LogP contribution < -0.4 is 0 Å². The van der Waals surface area contributed by atoms with Crippen LogP contribution in [0.2, 0.25) is 0 Å². The molecule has 0 unspecified atom stereocenters. The summed E-state index contributed by atoms with van der Waals surface area (Å²) < 4.78 is 0. The number of rotatable bonds is 3. The van der Waals surface area contributed by atoms with E-state index < -0.39 is 0 Å². The maximum Gasteiger partial charge on any atom is 0.0961 e. The van der Waals surface area contributed by atoms with Crippen molar-refractivity contribution in [1.82, 2.24) is 9.88 Å². The van der Waals surface area contributed by atoms with Gasteiger partial charge in [-0.1, -0.05) is 13.0 Å². The fourth-order valence-corrected chi connectivity index (χ4v) is 2.02. The minimum Gasteiger partial charge on any atom is -0.355 e. The van der Waals surface area contributed by atoms with Crippen molar-refractivity contribution in [2.45, 2.75) is 32.7 Å². The van der Waals surface area contributed by atoms with E-state index in [1.807, 2.05) is 12.3 Å². The molecule has 3 nitrogen and oxygen atoms in total. The number of hydrogen-bond donors (Lipinski definition) is 1. The summed E-state index contributed by atoms with van der Waals surface area (Å²) in [4.78, 5) is 6.54. The van der Waals surface area contributed by atoms with Crippen molar-refractivity contribution >= 4 is 5.84 Å². The lowest BCUT2D eigenvalue weighted by atomic mass is 10.1. The average Bonchev–Trinajstić information content (AvgIpc) is 2.65. The van der Waals surface area contributed by atoms with Gasteiger partial charge in [-0.05, 0) is 24.5 Å². The molecule has 1 saturated heterocycles. The fourth-order valence-electron chi connectivity index (χ4n) is 2.02. The molecule has 1 N–H and O–H groups in total. The second kappa shape index (κ2) is 4.43. The van der Waals surface area contributed by atoms with Crippen LogP contribution in [0.25, 0.3) is 0 Å². The summed E-state index contributed by atoms with van der Waals surface area (Å²) in [6, 6.07) is 4.11. The van der Waals surface area contributed by atoms with Crippen LogP contribution in [0.4, 0.5) is 0 Å². The molecule has 1 aliphatic rings. The second-order valence-electron chi connectivity index (χ2n) is 3.93. The Morgan fingerprint density at radius 2 is 2.40 bits per heavy atom. The van der Waals surface area contributed by atoms with Crippen LogP contribution in [0, 0.1) is 5.41 Å². The van der Waals surface area contributed by atoms with Gasteiger partial charge in [-0.25, -0.2) is 0 Å². The molecule has 1 aromatic rings. The zero-order valence-corrected chi connectivity index (χ0v) is 9.16. The van der Waals surface area contributed by atoms with Gasteiger partial charge in [-0.15, -0.1) is 0 Å². The highest BCUT2D eigenvalue weighted by Gasteiger charge is 2.17. The molecule has 0 spiro atoms. The Kier molecular flexibility index (Phi) is 2.99. The Labute approximate surface area is 90.6 Å². The normalized spacial score (nSPS) is 16.1. The third-order valence-electron chi connectivity index (χ3n) is 2.93. The number of amidine groups is 1. The first-order valence-electron chi connectivity index (χ1n) is 5.56. The molecule has 0 aromatic carbocycles. The number of nitrogens with zero attached hydrogens (tertiary/aromatic N) is 2. The highest BCUT2D eigenvalue weighted by atomic mass is 15.2. The van der Waals surface area contributed by atoms with Gasteiger partial charge in [0, 0.05) is 19.2 Å². The predicted molar refractivity (Wildman–Crippen MR) is 61.0 cm³/mol. The van der Waals surface area contributed by atoms with E-state index in [2.05, 4.69) is 22.9 Å². The molecule has 2 heterocycles. The lowest BCUT2D eigenvalue weighted by Gasteiger charge is -2.18. The summed E-state index contributed by atoms with van der Waals surface area (Å²) in [5.41, 5.74) is 2.43. The lowest BCUT2D eigenvalue weighted by Crippen LogP contribution is -2.24. The molecule has 15 heavy (non-hydrogen) atoms. The largest absolute Gasteiger partial charge is 0.355 e. The van der Waals surface area contributed by atoms with Gasteiger partial charge in [0.25, 0.3) is 0 Å². The first kappa shape index (κ1) is 10.1. The van der Waals surface area contributed by atoms with Gasteiger partial charge in [-0.2, -0.15) is 0 Å². The first-order valence-corrected chi connectivity index (χ1v) is 5.56. The number of likely N-dealkylation sites (tertiary alicyclic amines) is 1. The lowest BCUT2D eigenvalue weighted by molar-refractivity contribution is 0.438. The van der Waals surface area contributed by atoms with Crippen LogP contribution in [0.5, 0.6) is 0 Å². The van der Waals surface area contributed by atoms with E-state index >= 15 is 0 Å². The molecule has 0 saturated carbocycles. The second-order valence-corrected chi connectivity index (χ2v) is 3.93. The van der Waals surface area contributed by atoms with Crippen molar-refractivity contribution in [3.05, 3.63) is 29.6 Å². The number of aryl methyl sites for hydroxylation is 1. The van der Waals surface area contributed by atoms with E-state index in [1.54, 1.807) is 0 Å². The van der Waals surface area contributed by atoms with Gasteiger partial charge in [-0.3, -0.25) is 10.4 Å². The summed E-state index contributed by atoms with van der Waals surface area (Å²) in [6.07, 6.45) is 4.90. The van der Waals surface area contributed by atoms with Crippen molar-refractivity contribution in [1.29, 1.82) is 5.41 Å². The number of nitrogens with one attached hydrogen (secondary N) is 1. The summed E-state index contributed by atoms with van der Waals surface area (Å²) >= 11 is 0. The topological polar surface area (TPSA) is 40.0 Å². The summed E-state index contributed by atoms with van der Waals surface area (Å²) in [7, 11) is 0. The van der Waals surface area contributed by atoms with Crippen LogP contribution in [-0.2, 0) is 13.0 Å². The van der Waals surface area contributed by atoms with Crippen molar-refractivity contribution in [3.8, 4) is 0 Å². The highest BCUT2D eigenvalue weighted by Crippen LogP contribution is 2.15. The molecule has 1 aromatic heterocycles. The predicted octanol–water partition coefficient (Wildman–Crippen LogP) is 2.22. The Morgan fingerprint density at radius 3 is 3.07 bits per heavy atom. The molecule has 0 bridgehead atoms. The zero-order valence-electron chi connectivity index (χ0n) is 9.16. The van der Waals surface area contributed by atoms with Crippen LogP contribution in [-0.4, -0.2) is 22.3 Å². The van der Waals surface area contributed by atoms with Crippen LogP contribution in [0.3, 0.4) is 0 Å². The maximum atomic E-state index is 7.78. The van der Waals surface area contributed by atoms with Gasteiger partial charge >= 0.3 is 0 Å². The first-order chi connectivity index (χ1) is 7.31. The molecular formula is C12H17N3. The number of hydrogen-bond acceptors (Lipinski definition) is 2. The molecular weight excluding hydrogens is 186 g/mol. The van der Waals surface area contributed by atoms with E-state index in [4.69, 9.17) is 5.41 Å².